The summed E-state index contributed by atoms with van der Waals surface area (Å²) in [5.41, 5.74) is 4.75. The SMILES string of the molecule is Cc1ccc(C)c2c1C=C[C@@H](C)[C@H]2O. The van der Waals surface area contributed by atoms with Crippen molar-refractivity contribution in [1.29, 1.82) is 0 Å². The predicted molar refractivity (Wildman–Crippen MR) is 59.1 cm³/mol. The van der Waals surface area contributed by atoms with E-state index >= 15 is 0 Å². The van der Waals surface area contributed by atoms with Gasteiger partial charge in [0, 0.05) is 5.92 Å². The summed E-state index contributed by atoms with van der Waals surface area (Å²) in [4.78, 5) is 0. The molecule has 1 heteroatoms. The molecule has 0 aromatic heterocycles. The van der Waals surface area contributed by atoms with Crippen LogP contribution in [0.3, 0.4) is 0 Å². The minimum atomic E-state index is -0.338. The third kappa shape index (κ3) is 1.28. The van der Waals surface area contributed by atoms with E-state index in [2.05, 4.69) is 38.1 Å². The average molecular weight is 188 g/mol. The summed E-state index contributed by atoms with van der Waals surface area (Å²) in [6.07, 6.45) is 3.88. The van der Waals surface area contributed by atoms with Crippen molar-refractivity contribution in [3.63, 3.8) is 0 Å². The van der Waals surface area contributed by atoms with Crippen LogP contribution in [0.4, 0.5) is 0 Å². The van der Waals surface area contributed by atoms with Crippen LogP contribution in [0, 0.1) is 19.8 Å². The molecular weight excluding hydrogens is 172 g/mol. The molecule has 0 amide bonds. The van der Waals surface area contributed by atoms with Gasteiger partial charge in [-0.05, 0) is 36.1 Å². The van der Waals surface area contributed by atoms with Crippen molar-refractivity contribution >= 4 is 6.08 Å². The zero-order valence-corrected chi connectivity index (χ0v) is 8.91. The number of aliphatic hydroxyl groups excluding tert-OH is 1. The Hall–Kier alpha value is -1.08. The van der Waals surface area contributed by atoms with E-state index in [1.165, 1.54) is 16.7 Å². The molecular formula is C13H16O. The fraction of sp³-hybridized carbons (Fsp3) is 0.385. The van der Waals surface area contributed by atoms with Crippen molar-refractivity contribution in [3.05, 3.63) is 40.5 Å². The number of hydrogen-bond acceptors (Lipinski definition) is 1. The molecule has 1 aliphatic carbocycles. The molecule has 1 aliphatic rings. The van der Waals surface area contributed by atoms with Crippen molar-refractivity contribution in [1.82, 2.24) is 0 Å². The summed E-state index contributed by atoms with van der Waals surface area (Å²) in [5, 5.41) is 10.1. The molecule has 0 saturated carbocycles. The fourth-order valence-electron chi connectivity index (χ4n) is 2.08. The van der Waals surface area contributed by atoms with Crippen LogP contribution in [0.5, 0.6) is 0 Å². The number of aryl methyl sites for hydroxylation is 2. The number of fused-ring (bicyclic) bond motifs is 1. The lowest BCUT2D eigenvalue weighted by molar-refractivity contribution is 0.137. The molecule has 0 radical (unpaired) electrons. The Morgan fingerprint density at radius 1 is 1.14 bits per heavy atom. The Kier molecular flexibility index (Phi) is 2.20. The lowest BCUT2D eigenvalue weighted by atomic mass is 9.83. The number of benzene rings is 1. The molecule has 0 unspecified atom stereocenters. The lowest BCUT2D eigenvalue weighted by Gasteiger charge is -2.25. The van der Waals surface area contributed by atoms with E-state index in [4.69, 9.17) is 0 Å². The minimum absolute atomic E-state index is 0.225. The summed E-state index contributed by atoms with van der Waals surface area (Å²) in [6.45, 7) is 6.20. The Morgan fingerprint density at radius 3 is 2.50 bits per heavy atom. The second kappa shape index (κ2) is 3.25. The Morgan fingerprint density at radius 2 is 1.79 bits per heavy atom. The highest BCUT2D eigenvalue weighted by Crippen LogP contribution is 2.35. The average Bonchev–Trinajstić information content (AvgIpc) is 2.16. The quantitative estimate of drug-likeness (QED) is 0.663. The van der Waals surface area contributed by atoms with Gasteiger partial charge in [0.25, 0.3) is 0 Å². The number of hydrogen-bond donors (Lipinski definition) is 1. The molecule has 0 spiro atoms. The first-order valence-electron chi connectivity index (χ1n) is 5.07. The topological polar surface area (TPSA) is 20.2 Å². The maximum Gasteiger partial charge on any atom is 0.0858 e. The first-order valence-corrected chi connectivity index (χ1v) is 5.07. The number of rotatable bonds is 0. The van der Waals surface area contributed by atoms with E-state index in [9.17, 15) is 5.11 Å². The molecule has 2 atom stereocenters. The highest BCUT2D eigenvalue weighted by atomic mass is 16.3. The van der Waals surface area contributed by atoms with E-state index in [0.29, 0.717) is 0 Å². The van der Waals surface area contributed by atoms with Crippen LogP contribution in [0.25, 0.3) is 6.08 Å². The highest BCUT2D eigenvalue weighted by molar-refractivity contribution is 5.63. The maximum absolute atomic E-state index is 10.1. The monoisotopic (exact) mass is 188 g/mol. The fourth-order valence-corrected chi connectivity index (χ4v) is 2.08. The Bertz CT molecular complexity index is 390. The standard InChI is InChI=1S/C13H16O/c1-8-4-5-9(2)12-11(8)7-6-10(3)13(12)14/h4-7,10,13-14H,1-3H3/t10-,13-/m1/s1. The molecule has 0 saturated heterocycles. The van der Waals surface area contributed by atoms with Gasteiger partial charge in [0.2, 0.25) is 0 Å². The van der Waals surface area contributed by atoms with Crippen LogP contribution in [-0.2, 0) is 0 Å². The van der Waals surface area contributed by atoms with Crippen LogP contribution in [0.2, 0.25) is 0 Å². The molecule has 1 nitrogen and oxygen atoms in total. The van der Waals surface area contributed by atoms with Crippen LogP contribution in [0.1, 0.15) is 35.3 Å². The number of aliphatic hydroxyl groups is 1. The molecule has 74 valence electrons. The van der Waals surface area contributed by atoms with Crippen molar-refractivity contribution < 1.29 is 5.11 Å². The second-order valence-electron chi connectivity index (χ2n) is 4.19. The van der Waals surface area contributed by atoms with E-state index in [1.807, 2.05) is 6.92 Å². The summed E-state index contributed by atoms with van der Waals surface area (Å²) in [5.74, 6) is 0.225. The molecule has 2 rings (SSSR count). The second-order valence-corrected chi connectivity index (χ2v) is 4.19. The van der Waals surface area contributed by atoms with E-state index in [1.54, 1.807) is 0 Å². The zero-order chi connectivity index (χ0) is 10.3. The summed E-state index contributed by atoms with van der Waals surface area (Å²) >= 11 is 0. The molecule has 14 heavy (non-hydrogen) atoms. The van der Waals surface area contributed by atoms with Gasteiger partial charge in [-0.2, -0.15) is 0 Å². The van der Waals surface area contributed by atoms with Crippen LogP contribution in [0.15, 0.2) is 18.2 Å². The van der Waals surface area contributed by atoms with Gasteiger partial charge < -0.3 is 5.11 Å². The van der Waals surface area contributed by atoms with Gasteiger partial charge in [0.1, 0.15) is 0 Å². The van der Waals surface area contributed by atoms with Gasteiger partial charge in [0.05, 0.1) is 6.10 Å². The van der Waals surface area contributed by atoms with Crippen LogP contribution in [-0.4, -0.2) is 5.11 Å². The summed E-state index contributed by atoms with van der Waals surface area (Å²) in [6, 6.07) is 4.20. The molecule has 0 aliphatic heterocycles. The van der Waals surface area contributed by atoms with Crippen molar-refractivity contribution in [2.24, 2.45) is 5.92 Å². The molecule has 1 N–H and O–H groups in total. The third-order valence-electron chi connectivity index (χ3n) is 3.08. The largest absolute Gasteiger partial charge is 0.388 e. The third-order valence-corrected chi connectivity index (χ3v) is 3.08. The van der Waals surface area contributed by atoms with Crippen molar-refractivity contribution in [2.75, 3.05) is 0 Å². The first kappa shape index (κ1) is 9.47. The maximum atomic E-state index is 10.1. The Balaban J connectivity index is 2.67. The molecule has 0 fully saturated rings. The summed E-state index contributed by atoms with van der Waals surface area (Å²) in [7, 11) is 0. The molecule has 1 aromatic carbocycles. The molecule has 1 aromatic rings. The minimum Gasteiger partial charge on any atom is -0.388 e. The van der Waals surface area contributed by atoms with E-state index in [-0.39, 0.29) is 12.0 Å². The van der Waals surface area contributed by atoms with Gasteiger partial charge >= 0.3 is 0 Å². The Labute approximate surface area is 85.1 Å². The van der Waals surface area contributed by atoms with Crippen molar-refractivity contribution in [2.45, 2.75) is 26.9 Å². The molecule has 0 bridgehead atoms. The lowest BCUT2D eigenvalue weighted by Crippen LogP contribution is -2.14. The van der Waals surface area contributed by atoms with Crippen LogP contribution < -0.4 is 0 Å². The zero-order valence-electron chi connectivity index (χ0n) is 8.91. The first-order chi connectivity index (χ1) is 6.61. The molecule has 0 heterocycles. The smallest absolute Gasteiger partial charge is 0.0858 e. The summed E-state index contributed by atoms with van der Waals surface area (Å²) < 4.78 is 0. The van der Waals surface area contributed by atoms with Gasteiger partial charge in [-0.1, -0.05) is 31.2 Å². The normalized spacial score (nSPS) is 24.9. The van der Waals surface area contributed by atoms with E-state index in [0.717, 1.165) is 5.56 Å². The predicted octanol–water partition coefficient (Wildman–Crippen LogP) is 3.00. The van der Waals surface area contributed by atoms with Gasteiger partial charge in [-0.25, -0.2) is 0 Å². The van der Waals surface area contributed by atoms with Gasteiger partial charge in [0.15, 0.2) is 0 Å². The van der Waals surface area contributed by atoms with E-state index < -0.39 is 0 Å². The van der Waals surface area contributed by atoms with Gasteiger partial charge in [-0.15, -0.1) is 0 Å². The van der Waals surface area contributed by atoms with Crippen LogP contribution >= 0.6 is 0 Å². The van der Waals surface area contributed by atoms with Gasteiger partial charge in [-0.3, -0.25) is 0 Å². The highest BCUT2D eigenvalue weighted by Gasteiger charge is 2.23. The van der Waals surface area contributed by atoms with Crippen molar-refractivity contribution in [3.8, 4) is 0 Å².